The summed E-state index contributed by atoms with van der Waals surface area (Å²) in [4.78, 5) is 14.2. The van der Waals surface area contributed by atoms with E-state index in [2.05, 4.69) is 5.10 Å². The van der Waals surface area contributed by atoms with E-state index in [1.165, 1.54) is 0 Å². The molecule has 5 heteroatoms. The zero-order chi connectivity index (χ0) is 13.2. The molecule has 0 unspecified atom stereocenters. The fourth-order valence-corrected chi connectivity index (χ4v) is 1.96. The average Bonchev–Trinajstić information content (AvgIpc) is 2.48. The molecular formula is C12H22N4O. The van der Waals surface area contributed by atoms with E-state index in [4.69, 9.17) is 5.73 Å². The molecular weight excluding hydrogens is 216 g/mol. The highest BCUT2D eigenvalue weighted by molar-refractivity contribution is 5.96. The lowest BCUT2D eigenvalue weighted by molar-refractivity contribution is 0.0710. The van der Waals surface area contributed by atoms with Crippen molar-refractivity contribution in [3.63, 3.8) is 0 Å². The lowest BCUT2D eigenvalue weighted by Crippen LogP contribution is -2.40. The lowest BCUT2D eigenvalue weighted by atomic mass is 10.1. The van der Waals surface area contributed by atoms with Gasteiger partial charge in [-0.15, -0.1) is 0 Å². The molecule has 0 atom stereocenters. The van der Waals surface area contributed by atoms with E-state index in [1.807, 2.05) is 34.7 Å². The number of hydrogen-bond acceptors (Lipinski definition) is 3. The SMILES string of the molecule is Cc1nn(C)c(C)c1C(=O)N(CCN)C(C)C. The number of carbonyl (C=O) groups excluding carboxylic acids is 1. The van der Waals surface area contributed by atoms with Gasteiger partial charge in [0.05, 0.1) is 11.3 Å². The summed E-state index contributed by atoms with van der Waals surface area (Å²) in [6, 6.07) is 0.144. The average molecular weight is 238 g/mol. The summed E-state index contributed by atoms with van der Waals surface area (Å²) in [5, 5.41) is 4.27. The van der Waals surface area contributed by atoms with E-state index in [0.717, 1.165) is 11.4 Å². The van der Waals surface area contributed by atoms with Gasteiger partial charge in [0, 0.05) is 31.9 Å². The maximum Gasteiger partial charge on any atom is 0.257 e. The Balaban J connectivity index is 3.09. The van der Waals surface area contributed by atoms with Crippen LogP contribution in [-0.4, -0.2) is 39.7 Å². The number of aromatic nitrogens is 2. The Labute approximate surface area is 103 Å². The summed E-state index contributed by atoms with van der Waals surface area (Å²) < 4.78 is 1.74. The molecule has 17 heavy (non-hydrogen) atoms. The minimum absolute atomic E-state index is 0.0218. The second-order valence-electron chi connectivity index (χ2n) is 4.55. The smallest absolute Gasteiger partial charge is 0.257 e. The molecule has 0 bridgehead atoms. The molecule has 2 N–H and O–H groups in total. The number of hydrogen-bond donors (Lipinski definition) is 1. The number of carbonyl (C=O) groups is 1. The number of rotatable bonds is 4. The topological polar surface area (TPSA) is 64.2 Å². The summed E-state index contributed by atoms with van der Waals surface area (Å²) in [7, 11) is 1.85. The van der Waals surface area contributed by atoms with Gasteiger partial charge in [-0.2, -0.15) is 5.10 Å². The van der Waals surface area contributed by atoms with E-state index < -0.39 is 0 Å². The predicted molar refractivity (Wildman–Crippen MR) is 67.9 cm³/mol. The minimum Gasteiger partial charge on any atom is -0.335 e. The molecule has 1 aromatic heterocycles. The van der Waals surface area contributed by atoms with Crippen LogP contribution in [0.2, 0.25) is 0 Å². The molecule has 1 rings (SSSR count). The fourth-order valence-electron chi connectivity index (χ4n) is 1.96. The molecule has 0 aliphatic carbocycles. The van der Waals surface area contributed by atoms with E-state index in [-0.39, 0.29) is 11.9 Å². The molecule has 0 aliphatic heterocycles. The first kappa shape index (κ1) is 13.7. The second-order valence-corrected chi connectivity index (χ2v) is 4.55. The van der Waals surface area contributed by atoms with Crippen LogP contribution < -0.4 is 5.73 Å². The van der Waals surface area contributed by atoms with Gasteiger partial charge in [0.15, 0.2) is 0 Å². The number of amides is 1. The molecule has 0 aliphatic rings. The highest BCUT2D eigenvalue weighted by Crippen LogP contribution is 2.16. The summed E-state index contributed by atoms with van der Waals surface area (Å²) in [5.41, 5.74) is 7.93. The number of nitrogens with zero attached hydrogens (tertiary/aromatic N) is 3. The third kappa shape index (κ3) is 2.66. The van der Waals surface area contributed by atoms with Crippen LogP contribution in [-0.2, 0) is 7.05 Å². The Bertz CT molecular complexity index is 409. The minimum atomic E-state index is 0.0218. The van der Waals surface area contributed by atoms with Crippen LogP contribution in [0.3, 0.4) is 0 Å². The zero-order valence-electron chi connectivity index (χ0n) is 11.3. The van der Waals surface area contributed by atoms with Gasteiger partial charge < -0.3 is 10.6 Å². The molecule has 0 fully saturated rings. The van der Waals surface area contributed by atoms with E-state index >= 15 is 0 Å². The number of aryl methyl sites for hydroxylation is 2. The Morgan fingerprint density at radius 3 is 2.41 bits per heavy atom. The first-order valence-electron chi connectivity index (χ1n) is 5.91. The second kappa shape index (κ2) is 5.31. The van der Waals surface area contributed by atoms with Gasteiger partial charge in [0.1, 0.15) is 0 Å². The van der Waals surface area contributed by atoms with E-state index in [9.17, 15) is 4.79 Å². The van der Waals surface area contributed by atoms with Crippen LogP contribution >= 0.6 is 0 Å². The molecule has 0 aromatic carbocycles. The van der Waals surface area contributed by atoms with Crippen LogP contribution in [0.15, 0.2) is 0 Å². The van der Waals surface area contributed by atoms with Gasteiger partial charge in [-0.3, -0.25) is 9.48 Å². The monoisotopic (exact) mass is 238 g/mol. The van der Waals surface area contributed by atoms with E-state index in [1.54, 1.807) is 9.58 Å². The summed E-state index contributed by atoms with van der Waals surface area (Å²) in [6.07, 6.45) is 0. The molecule has 0 saturated heterocycles. The van der Waals surface area contributed by atoms with Crippen LogP contribution in [0.5, 0.6) is 0 Å². The van der Waals surface area contributed by atoms with Crippen LogP contribution in [0.4, 0.5) is 0 Å². The van der Waals surface area contributed by atoms with Gasteiger partial charge in [-0.25, -0.2) is 0 Å². The molecule has 0 saturated carbocycles. The lowest BCUT2D eigenvalue weighted by Gasteiger charge is -2.26. The summed E-state index contributed by atoms with van der Waals surface area (Å²) in [5.74, 6) is 0.0218. The normalized spacial score (nSPS) is 11.0. The molecule has 1 heterocycles. The maximum atomic E-state index is 12.4. The van der Waals surface area contributed by atoms with Crippen molar-refractivity contribution in [2.75, 3.05) is 13.1 Å². The van der Waals surface area contributed by atoms with Gasteiger partial charge in [0.2, 0.25) is 0 Å². The Morgan fingerprint density at radius 1 is 1.47 bits per heavy atom. The van der Waals surface area contributed by atoms with Crippen molar-refractivity contribution in [1.82, 2.24) is 14.7 Å². The van der Waals surface area contributed by atoms with Crippen LogP contribution in [0.1, 0.15) is 35.6 Å². The van der Waals surface area contributed by atoms with Gasteiger partial charge in [-0.1, -0.05) is 0 Å². The van der Waals surface area contributed by atoms with Gasteiger partial charge in [0.25, 0.3) is 5.91 Å². The highest BCUT2D eigenvalue weighted by Gasteiger charge is 2.24. The molecule has 1 aromatic rings. The quantitative estimate of drug-likeness (QED) is 0.845. The van der Waals surface area contributed by atoms with Crippen molar-refractivity contribution in [3.05, 3.63) is 17.0 Å². The Kier molecular flexibility index (Phi) is 4.28. The van der Waals surface area contributed by atoms with E-state index in [0.29, 0.717) is 18.7 Å². The predicted octanol–water partition coefficient (Wildman–Crippen LogP) is 0.846. The highest BCUT2D eigenvalue weighted by atomic mass is 16.2. The van der Waals surface area contributed by atoms with Crippen molar-refractivity contribution in [3.8, 4) is 0 Å². The van der Waals surface area contributed by atoms with Gasteiger partial charge >= 0.3 is 0 Å². The summed E-state index contributed by atoms with van der Waals surface area (Å²) in [6.45, 7) is 8.81. The zero-order valence-corrected chi connectivity index (χ0v) is 11.3. The first-order valence-corrected chi connectivity index (χ1v) is 5.91. The standard InChI is InChI=1S/C12H22N4O/c1-8(2)16(7-6-13)12(17)11-9(3)14-15(5)10(11)4/h8H,6-7,13H2,1-5H3. The molecule has 0 spiro atoms. The molecule has 5 nitrogen and oxygen atoms in total. The van der Waals surface area contributed by atoms with Gasteiger partial charge in [-0.05, 0) is 27.7 Å². The van der Waals surface area contributed by atoms with Crippen LogP contribution in [0, 0.1) is 13.8 Å². The third-order valence-corrected chi connectivity index (χ3v) is 2.98. The molecule has 96 valence electrons. The molecule has 0 radical (unpaired) electrons. The Hall–Kier alpha value is -1.36. The summed E-state index contributed by atoms with van der Waals surface area (Å²) >= 11 is 0. The first-order chi connectivity index (χ1) is 7.90. The molecule has 1 amide bonds. The van der Waals surface area contributed by atoms with Crippen molar-refractivity contribution < 1.29 is 4.79 Å². The fraction of sp³-hybridized carbons (Fsp3) is 0.667. The maximum absolute atomic E-state index is 12.4. The Morgan fingerprint density at radius 2 is 2.06 bits per heavy atom. The number of nitrogens with two attached hydrogens (primary N) is 1. The van der Waals surface area contributed by atoms with Crippen molar-refractivity contribution >= 4 is 5.91 Å². The van der Waals surface area contributed by atoms with Crippen molar-refractivity contribution in [1.29, 1.82) is 0 Å². The largest absolute Gasteiger partial charge is 0.335 e. The van der Waals surface area contributed by atoms with Crippen LogP contribution in [0.25, 0.3) is 0 Å². The van der Waals surface area contributed by atoms with Crippen molar-refractivity contribution in [2.24, 2.45) is 12.8 Å². The third-order valence-electron chi connectivity index (χ3n) is 2.98. The van der Waals surface area contributed by atoms with Crippen molar-refractivity contribution in [2.45, 2.75) is 33.7 Å².